The van der Waals surface area contributed by atoms with Crippen molar-refractivity contribution >= 4 is 23.4 Å². The van der Waals surface area contributed by atoms with E-state index in [1.54, 1.807) is 31.2 Å². The zero-order chi connectivity index (χ0) is 19.3. The van der Waals surface area contributed by atoms with Gasteiger partial charge in [0.2, 0.25) is 0 Å². The Morgan fingerprint density at radius 2 is 1.73 bits per heavy atom. The van der Waals surface area contributed by atoms with Gasteiger partial charge >= 0.3 is 5.97 Å². The number of hydrogen-bond donors (Lipinski definition) is 0. The molecule has 2 aromatic rings. The third-order valence-corrected chi connectivity index (χ3v) is 4.49. The van der Waals surface area contributed by atoms with E-state index >= 15 is 0 Å². The van der Waals surface area contributed by atoms with Gasteiger partial charge in [0.15, 0.2) is 5.78 Å². The summed E-state index contributed by atoms with van der Waals surface area (Å²) in [6.45, 7) is 8.41. The van der Waals surface area contributed by atoms with Crippen molar-refractivity contribution in [1.82, 2.24) is 0 Å². The lowest BCUT2D eigenvalue weighted by atomic mass is 9.85. The van der Waals surface area contributed by atoms with Crippen LogP contribution in [0.15, 0.2) is 48.5 Å². The second kappa shape index (κ2) is 8.50. The first kappa shape index (κ1) is 20.2. The first-order valence-electron chi connectivity index (χ1n) is 8.78. The van der Waals surface area contributed by atoms with Crippen LogP contribution in [0.4, 0.5) is 0 Å². The summed E-state index contributed by atoms with van der Waals surface area (Å²) in [5.74, 6) is -1.66. The van der Waals surface area contributed by atoms with Gasteiger partial charge < -0.3 is 4.74 Å². The lowest BCUT2D eigenvalue weighted by Crippen LogP contribution is -2.28. The lowest BCUT2D eigenvalue weighted by molar-refractivity contribution is -0.146. The summed E-state index contributed by atoms with van der Waals surface area (Å²) in [6, 6.07) is 14.7. The molecule has 0 aromatic heterocycles. The summed E-state index contributed by atoms with van der Waals surface area (Å²) in [5.41, 5.74) is 2.60. The summed E-state index contributed by atoms with van der Waals surface area (Å²) < 4.78 is 5.13. The van der Waals surface area contributed by atoms with Gasteiger partial charge in [0.1, 0.15) is 5.92 Å². The Labute approximate surface area is 160 Å². The molecule has 1 atom stereocenters. The number of benzene rings is 2. The summed E-state index contributed by atoms with van der Waals surface area (Å²) >= 11 is 5.99. The summed E-state index contributed by atoms with van der Waals surface area (Å²) in [5, 5.41) is 0.466. The van der Waals surface area contributed by atoms with E-state index in [9.17, 15) is 9.59 Å². The second-order valence-electron chi connectivity index (χ2n) is 7.33. The molecule has 0 N–H and O–H groups in total. The predicted molar refractivity (Wildman–Crippen MR) is 105 cm³/mol. The lowest BCUT2D eigenvalue weighted by Gasteiger charge is -2.20. The standard InChI is InChI=1S/C22H25ClO3/c1-5-26-21(25)19(20(24)16-7-6-8-18(23)14-16)13-15-9-11-17(12-10-15)22(2,3)4/h6-12,14,19H,5,13H2,1-4H3. The maximum Gasteiger partial charge on any atom is 0.317 e. The van der Waals surface area contributed by atoms with Crippen molar-refractivity contribution in [2.24, 2.45) is 5.92 Å². The monoisotopic (exact) mass is 372 g/mol. The fourth-order valence-electron chi connectivity index (χ4n) is 2.75. The van der Waals surface area contributed by atoms with Gasteiger partial charge in [0.25, 0.3) is 0 Å². The van der Waals surface area contributed by atoms with Crippen LogP contribution >= 0.6 is 11.6 Å². The molecule has 0 saturated carbocycles. The molecule has 1 unspecified atom stereocenters. The van der Waals surface area contributed by atoms with E-state index in [2.05, 4.69) is 20.8 Å². The van der Waals surface area contributed by atoms with Crippen molar-refractivity contribution in [3.8, 4) is 0 Å². The third kappa shape index (κ3) is 5.18. The zero-order valence-electron chi connectivity index (χ0n) is 15.7. The average molecular weight is 373 g/mol. The number of Topliss-reactive ketones (excluding diaryl/α,β-unsaturated/α-hetero) is 1. The minimum Gasteiger partial charge on any atom is -0.465 e. The molecule has 0 aliphatic heterocycles. The van der Waals surface area contributed by atoms with E-state index in [0.29, 0.717) is 17.0 Å². The van der Waals surface area contributed by atoms with Gasteiger partial charge in [-0.3, -0.25) is 9.59 Å². The van der Waals surface area contributed by atoms with E-state index in [0.717, 1.165) is 5.56 Å². The normalized spacial score (nSPS) is 12.5. The van der Waals surface area contributed by atoms with Crippen molar-refractivity contribution in [2.45, 2.75) is 39.5 Å². The van der Waals surface area contributed by atoms with Crippen molar-refractivity contribution < 1.29 is 14.3 Å². The first-order valence-corrected chi connectivity index (χ1v) is 9.16. The van der Waals surface area contributed by atoms with E-state index in [1.165, 1.54) is 5.56 Å². The van der Waals surface area contributed by atoms with Crippen LogP contribution in [0.3, 0.4) is 0 Å². The number of ether oxygens (including phenoxy) is 1. The maximum atomic E-state index is 12.9. The van der Waals surface area contributed by atoms with Crippen LogP contribution in [0.1, 0.15) is 49.2 Å². The van der Waals surface area contributed by atoms with Crippen LogP contribution in [-0.2, 0) is 21.4 Å². The summed E-state index contributed by atoms with van der Waals surface area (Å²) in [4.78, 5) is 25.3. The fraction of sp³-hybridized carbons (Fsp3) is 0.364. The molecular formula is C22H25ClO3. The SMILES string of the molecule is CCOC(=O)C(Cc1ccc(C(C)(C)C)cc1)C(=O)c1cccc(Cl)c1. The van der Waals surface area contributed by atoms with Gasteiger partial charge in [-0.05, 0) is 42.0 Å². The van der Waals surface area contributed by atoms with Crippen molar-refractivity contribution in [2.75, 3.05) is 6.61 Å². The van der Waals surface area contributed by atoms with E-state index < -0.39 is 11.9 Å². The molecule has 0 spiro atoms. The zero-order valence-corrected chi connectivity index (χ0v) is 16.5. The van der Waals surface area contributed by atoms with Crippen molar-refractivity contribution in [1.29, 1.82) is 0 Å². The molecule has 4 heteroatoms. The topological polar surface area (TPSA) is 43.4 Å². The Morgan fingerprint density at radius 3 is 2.27 bits per heavy atom. The number of carbonyl (C=O) groups is 2. The van der Waals surface area contributed by atoms with Crippen molar-refractivity contribution in [3.63, 3.8) is 0 Å². The van der Waals surface area contributed by atoms with Crippen LogP contribution in [0.5, 0.6) is 0 Å². The van der Waals surface area contributed by atoms with Crippen LogP contribution in [0, 0.1) is 5.92 Å². The number of carbonyl (C=O) groups excluding carboxylic acids is 2. The van der Waals surface area contributed by atoms with Crippen LogP contribution in [0.2, 0.25) is 5.02 Å². The Balaban J connectivity index is 2.28. The van der Waals surface area contributed by atoms with E-state index in [4.69, 9.17) is 16.3 Å². The smallest absolute Gasteiger partial charge is 0.317 e. The minimum absolute atomic E-state index is 0.0513. The highest BCUT2D eigenvalue weighted by Crippen LogP contribution is 2.24. The van der Waals surface area contributed by atoms with Gasteiger partial charge in [-0.15, -0.1) is 0 Å². The first-order chi connectivity index (χ1) is 12.2. The number of ketones is 1. The van der Waals surface area contributed by atoms with Gasteiger partial charge in [-0.2, -0.15) is 0 Å². The third-order valence-electron chi connectivity index (χ3n) is 4.26. The van der Waals surface area contributed by atoms with Crippen LogP contribution < -0.4 is 0 Å². The van der Waals surface area contributed by atoms with E-state index in [-0.39, 0.29) is 17.8 Å². The Hall–Kier alpha value is -2.13. The summed E-state index contributed by atoms with van der Waals surface area (Å²) in [6.07, 6.45) is 0.300. The van der Waals surface area contributed by atoms with Crippen LogP contribution in [0.25, 0.3) is 0 Å². The minimum atomic E-state index is -0.881. The molecule has 0 aliphatic rings. The highest BCUT2D eigenvalue weighted by atomic mass is 35.5. The molecular weight excluding hydrogens is 348 g/mol. The number of halogens is 1. The molecule has 0 aliphatic carbocycles. The molecule has 2 aromatic carbocycles. The average Bonchev–Trinajstić information content (AvgIpc) is 2.59. The van der Waals surface area contributed by atoms with E-state index in [1.807, 2.05) is 24.3 Å². The molecule has 0 radical (unpaired) electrons. The molecule has 138 valence electrons. The molecule has 3 nitrogen and oxygen atoms in total. The largest absolute Gasteiger partial charge is 0.465 e. The number of rotatable bonds is 6. The van der Waals surface area contributed by atoms with Crippen molar-refractivity contribution in [3.05, 3.63) is 70.2 Å². The van der Waals surface area contributed by atoms with Gasteiger partial charge in [0, 0.05) is 10.6 Å². The molecule has 0 fully saturated rings. The predicted octanol–water partition coefficient (Wildman–Crippen LogP) is 5.24. The van der Waals surface area contributed by atoms with Gasteiger partial charge in [-0.1, -0.05) is 68.8 Å². The van der Waals surface area contributed by atoms with Crippen LogP contribution in [-0.4, -0.2) is 18.4 Å². The summed E-state index contributed by atoms with van der Waals surface area (Å²) in [7, 11) is 0. The molecule has 0 amide bonds. The highest BCUT2D eigenvalue weighted by Gasteiger charge is 2.29. The fourth-order valence-corrected chi connectivity index (χ4v) is 2.94. The molecule has 0 saturated heterocycles. The quantitative estimate of drug-likeness (QED) is 0.395. The molecule has 0 bridgehead atoms. The number of hydrogen-bond acceptors (Lipinski definition) is 3. The van der Waals surface area contributed by atoms with Gasteiger partial charge in [-0.25, -0.2) is 0 Å². The second-order valence-corrected chi connectivity index (χ2v) is 7.77. The maximum absolute atomic E-state index is 12.9. The Bertz CT molecular complexity index is 773. The number of esters is 1. The Kier molecular flexibility index (Phi) is 6.60. The Morgan fingerprint density at radius 1 is 1.08 bits per heavy atom. The molecule has 2 rings (SSSR count). The molecule has 0 heterocycles. The van der Waals surface area contributed by atoms with Gasteiger partial charge in [0.05, 0.1) is 6.61 Å². The highest BCUT2D eigenvalue weighted by molar-refractivity contribution is 6.31. The molecule has 26 heavy (non-hydrogen) atoms.